The van der Waals surface area contributed by atoms with E-state index in [4.69, 9.17) is 5.11 Å². The summed E-state index contributed by atoms with van der Waals surface area (Å²) in [5, 5.41) is 8.97. The van der Waals surface area contributed by atoms with Crippen LogP contribution in [0.1, 0.15) is 31.4 Å². The van der Waals surface area contributed by atoms with Gasteiger partial charge in [0.25, 0.3) is 0 Å². The van der Waals surface area contributed by atoms with E-state index >= 15 is 0 Å². The number of carboxylic acid groups (broad SMARTS) is 1. The lowest BCUT2D eigenvalue weighted by atomic mass is 10.1. The van der Waals surface area contributed by atoms with Crippen molar-refractivity contribution in [1.82, 2.24) is 4.90 Å². The van der Waals surface area contributed by atoms with Gasteiger partial charge in [-0.25, -0.2) is 0 Å². The summed E-state index contributed by atoms with van der Waals surface area (Å²) in [6.07, 6.45) is 2.50. The summed E-state index contributed by atoms with van der Waals surface area (Å²) < 4.78 is 0. The molecule has 0 spiro atoms. The molecule has 0 bridgehead atoms. The Morgan fingerprint density at radius 3 is 2.59 bits per heavy atom. The van der Waals surface area contributed by atoms with Crippen molar-refractivity contribution in [3.63, 3.8) is 0 Å². The maximum atomic E-state index is 10.9. The van der Waals surface area contributed by atoms with Crippen LogP contribution in [0.3, 0.4) is 0 Å². The third-order valence-electron chi connectivity index (χ3n) is 3.36. The molecule has 92 valence electrons. The van der Waals surface area contributed by atoms with Crippen molar-refractivity contribution in [1.29, 1.82) is 0 Å². The third-order valence-corrected chi connectivity index (χ3v) is 3.36. The van der Waals surface area contributed by atoms with E-state index in [0.717, 1.165) is 6.54 Å². The molecule has 0 aliphatic heterocycles. The highest BCUT2D eigenvalue weighted by Crippen LogP contribution is 2.32. The molecule has 0 saturated heterocycles. The molecule has 0 aromatic heterocycles. The van der Waals surface area contributed by atoms with E-state index in [2.05, 4.69) is 24.0 Å². The molecule has 3 heteroatoms. The highest BCUT2D eigenvalue weighted by Gasteiger charge is 2.28. The summed E-state index contributed by atoms with van der Waals surface area (Å²) in [6.45, 7) is 3.12. The number of benzene rings is 1. The zero-order valence-corrected chi connectivity index (χ0v) is 10.2. The molecule has 1 aliphatic carbocycles. The van der Waals surface area contributed by atoms with E-state index in [9.17, 15) is 4.79 Å². The molecule has 3 nitrogen and oxygen atoms in total. The molecule has 1 atom stereocenters. The molecule has 1 saturated carbocycles. The van der Waals surface area contributed by atoms with Gasteiger partial charge in [-0.2, -0.15) is 0 Å². The van der Waals surface area contributed by atoms with Crippen molar-refractivity contribution in [3.8, 4) is 0 Å². The summed E-state index contributed by atoms with van der Waals surface area (Å²) in [5.41, 5.74) is 1.19. The average Bonchev–Trinajstić information content (AvgIpc) is 3.12. The zero-order valence-electron chi connectivity index (χ0n) is 10.2. The van der Waals surface area contributed by atoms with Gasteiger partial charge in [0.05, 0.1) is 6.54 Å². The van der Waals surface area contributed by atoms with Crippen molar-refractivity contribution in [2.24, 2.45) is 5.92 Å². The first-order chi connectivity index (χ1) is 8.16. The van der Waals surface area contributed by atoms with Crippen LogP contribution in [-0.2, 0) is 4.79 Å². The Balaban J connectivity index is 2.05. The molecule has 1 N–H and O–H groups in total. The van der Waals surface area contributed by atoms with Crippen LogP contribution in [0.5, 0.6) is 0 Å². The quantitative estimate of drug-likeness (QED) is 0.821. The van der Waals surface area contributed by atoms with Crippen LogP contribution in [0.4, 0.5) is 0 Å². The molecule has 0 radical (unpaired) electrons. The van der Waals surface area contributed by atoms with Crippen molar-refractivity contribution in [3.05, 3.63) is 35.9 Å². The predicted molar refractivity (Wildman–Crippen MR) is 66.8 cm³/mol. The first-order valence-corrected chi connectivity index (χ1v) is 6.17. The van der Waals surface area contributed by atoms with Crippen LogP contribution >= 0.6 is 0 Å². The standard InChI is InChI=1S/C14H19NO2/c1-11(13-5-3-2-4-6-13)15(10-14(16)17)9-12-7-8-12/h2-6,11-12H,7-10H2,1H3,(H,16,17). The molecule has 1 aromatic rings. The van der Waals surface area contributed by atoms with E-state index in [0.29, 0.717) is 5.92 Å². The van der Waals surface area contributed by atoms with Gasteiger partial charge < -0.3 is 5.11 Å². The Labute approximate surface area is 102 Å². The minimum absolute atomic E-state index is 0.132. The van der Waals surface area contributed by atoms with Crippen molar-refractivity contribution in [2.75, 3.05) is 13.1 Å². The maximum absolute atomic E-state index is 10.9. The second-order valence-corrected chi connectivity index (χ2v) is 4.85. The topological polar surface area (TPSA) is 40.5 Å². The van der Waals surface area contributed by atoms with E-state index in [1.807, 2.05) is 18.2 Å². The molecule has 1 aliphatic rings. The minimum atomic E-state index is -0.742. The van der Waals surface area contributed by atoms with E-state index < -0.39 is 5.97 Å². The monoisotopic (exact) mass is 233 g/mol. The fraction of sp³-hybridized carbons (Fsp3) is 0.500. The molecule has 17 heavy (non-hydrogen) atoms. The predicted octanol–water partition coefficient (Wildman–Crippen LogP) is 2.54. The van der Waals surface area contributed by atoms with E-state index in [-0.39, 0.29) is 12.6 Å². The number of carbonyl (C=O) groups is 1. The van der Waals surface area contributed by atoms with E-state index in [1.54, 1.807) is 0 Å². The van der Waals surface area contributed by atoms with Gasteiger partial charge in [0.2, 0.25) is 0 Å². The first kappa shape index (κ1) is 12.1. The van der Waals surface area contributed by atoms with Crippen LogP contribution in [0.25, 0.3) is 0 Å². The molecular weight excluding hydrogens is 214 g/mol. The number of carboxylic acids is 1. The summed E-state index contributed by atoms with van der Waals surface area (Å²) in [5.74, 6) is -0.0334. The highest BCUT2D eigenvalue weighted by molar-refractivity contribution is 5.69. The second-order valence-electron chi connectivity index (χ2n) is 4.85. The fourth-order valence-electron chi connectivity index (χ4n) is 2.11. The minimum Gasteiger partial charge on any atom is -0.480 e. The van der Waals surface area contributed by atoms with Gasteiger partial charge in [-0.3, -0.25) is 9.69 Å². The Morgan fingerprint density at radius 2 is 2.06 bits per heavy atom. The summed E-state index contributed by atoms with van der Waals surface area (Å²) in [7, 11) is 0. The maximum Gasteiger partial charge on any atom is 0.317 e. The lowest BCUT2D eigenvalue weighted by Crippen LogP contribution is -2.34. The molecule has 1 fully saturated rings. The molecule has 2 rings (SSSR count). The molecule has 0 amide bonds. The number of hydrogen-bond acceptors (Lipinski definition) is 2. The van der Waals surface area contributed by atoms with Gasteiger partial charge in [0, 0.05) is 12.6 Å². The molecule has 1 unspecified atom stereocenters. The van der Waals surface area contributed by atoms with Crippen LogP contribution in [0.2, 0.25) is 0 Å². The number of rotatable bonds is 6. The van der Waals surface area contributed by atoms with Gasteiger partial charge in [-0.05, 0) is 31.2 Å². The molecule has 0 heterocycles. The number of aliphatic carboxylic acids is 1. The lowest BCUT2D eigenvalue weighted by Gasteiger charge is -2.27. The fourth-order valence-corrected chi connectivity index (χ4v) is 2.11. The summed E-state index contributed by atoms with van der Waals surface area (Å²) in [6, 6.07) is 10.3. The Bertz CT molecular complexity index is 373. The molecule has 1 aromatic carbocycles. The van der Waals surface area contributed by atoms with Crippen LogP contribution < -0.4 is 0 Å². The van der Waals surface area contributed by atoms with Crippen molar-refractivity contribution < 1.29 is 9.90 Å². The third kappa shape index (κ3) is 3.56. The van der Waals surface area contributed by atoms with Crippen LogP contribution in [0, 0.1) is 5.92 Å². The molecular formula is C14H19NO2. The summed E-state index contributed by atoms with van der Waals surface area (Å²) in [4.78, 5) is 13.0. The van der Waals surface area contributed by atoms with Gasteiger partial charge >= 0.3 is 5.97 Å². The lowest BCUT2D eigenvalue weighted by molar-refractivity contribution is -0.139. The Kier molecular flexibility index (Phi) is 3.79. The van der Waals surface area contributed by atoms with Gasteiger partial charge in [-0.1, -0.05) is 30.3 Å². The normalized spacial score (nSPS) is 17.1. The number of nitrogens with zero attached hydrogens (tertiary/aromatic N) is 1. The van der Waals surface area contributed by atoms with Crippen molar-refractivity contribution >= 4 is 5.97 Å². The largest absolute Gasteiger partial charge is 0.480 e. The highest BCUT2D eigenvalue weighted by atomic mass is 16.4. The van der Waals surface area contributed by atoms with Crippen LogP contribution in [-0.4, -0.2) is 29.1 Å². The Morgan fingerprint density at radius 1 is 1.41 bits per heavy atom. The number of hydrogen-bond donors (Lipinski definition) is 1. The summed E-state index contributed by atoms with van der Waals surface area (Å²) >= 11 is 0. The van der Waals surface area contributed by atoms with Crippen LogP contribution in [0.15, 0.2) is 30.3 Å². The van der Waals surface area contributed by atoms with Crippen molar-refractivity contribution in [2.45, 2.75) is 25.8 Å². The van der Waals surface area contributed by atoms with Gasteiger partial charge in [0.15, 0.2) is 0 Å². The smallest absolute Gasteiger partial charge is 0.317 e. The first-order valence-electron chi connectivity index (χ1n) is 6.17. The van der Waals surface area contributed by atoms with E-state index in [1.165, 1.54) is 18.4 Å². The zero-order chi connectivity index (χ0) is 12.3. The van der Waals surface area contributed by atoms with Gasteiger partial charge in [0.1, 0.15) is 0 Å². The second kappa shape index (κ2) is 5.32. The average molecular weight is 233 g/mol. The Hall–Kier alpha value is -1.35. The van der Waals surface area contributed by atoms with Gasteiger partial charge in [-0.15, -0.1) is 0 Å². The SMILES string of the molecule is CC(c1ccccc1)N(CC(=O)O)CC1CC1.